The maximum atomic E-state index is 12.9. The molecule has 0 aromatic heterocycles. The molecule has 2 fully saturated rings. The maximum Gasteiger partial charge on any atom is 0.223 e. The summed E-state index contributed by atoms with van der Waals surface area (Å²) in [5.74, 6) is -0.581. The molecule has 2 unspecified atom stereocenters. The minimum absolute atomic E-state index is 0.0252. The number of aryl methyl sites for hydroxylation is 3. The number of rotatable bonds is 5. The van der Waals surface area contributed by atoms with E-state index in [1.807, 2.05) is 32.9 Å². The lowest BCUT2D eigenvalue weighted by molar-refractivity contribution is -0.126. The van der Waals surface area contributed by atoms with E-state index in [1.165, 1.54) is 0 Å². The molecular formula is C22H29NO3. The number of hydrogen-bond donors (Lipinski definition) is 1. The number of nitrogens with one attached hydrogen (secondary N) is 1. The molecule has 1 aromatic rings. The first-order chi connectivity index (χ1) is 12.4. The third kappa shape index (κ3) is 3.74. The molecule has 2 saturated carbocycles. The van der Waals surface area contributed by atoms with Crippen LogP contribution in [-0.2, 0) is 14.4 Å². The molecule has 0 saturated heterocycles. The van der Waals surface area contributed by atoms with Gasteiger partial charge in [-0.05, 0) is 56.7 Å². The molecular weight excluding hydrogens is 326 g/mol. The van der Waals surface area contributed by atoms with Gasteiger partial charge in [0.15, 0.2) is 5.78 Å². The van der Waals surface area contributed by atoms with Crippen molar-refractivity contribution >= 4 is 17.5 Å². The summed E-state index contributed by atoms with van der Waals surface area (Å²) in [5.41, 5.74) is 4.07. The molecule has 0 bridgehead atoms. The fourth-order valence-electron chi connectivity index (χ4n) is 4.75. The molecule has 0 heterocycles. The predicted octanol–water partition coefficient (Wildman–Crippen LogP) is 3.55. The normalized spacial score (nSPS) is 23.7. The minimum Gasteiger partial charge on any atom is -0.356 e. The van der Waals surface area contributed by atoms with Gasteiger partial charge in [0.2, 0.25) is 5.91 Å². The first kappa shape index (κ1) is 18.8. The topological polar surface area (TPSA) is 63.2 Å². The Labute approximate surface area is 155 Å². The number of hydrogen-bond acceptors (Lipinski definition) is 3. The Morgan fingerprint density at radius 3 is 2.31 bits per heavy atom. The van der Waals surface area contributed by atoms with E-state index >= 15 is 0 Å². The van der Waals surface area contributed by atoms with Crippen LogP contribution >= 0.6 is 0 Å². The number of Topliss-reactive ketones (excluding diaryl/α,β-unsaturated/α-hetero) is 2. The van der Waals surface area contributed by atoms with Crippen LogP contribution in [0.15, 0.2) is 12.1 Å². The Morgan fingerprint density at radius 1 is 1.08 bits per heavy atom. The summed E-state index contributed by atoms with van der Waals surface area (Å²) in [6.45, 7) is 6.46. The van der Waals surface area contributed by atoms with Gasteiger partial charge in [-0.1, -0.05) is 30.5 Å². The van der Waals surface area contributed by atoms with Gasteiger partial charge >= 0.3 is 0 Å². The van der Waals surface area contributed by atoms with E-state index in [9.17, 15) is 14.4 Å². The molecule has 1 N–H and O–H groups in total. The lowest BCUT2D eigenvalue weighted by Crippen LogP contribution is -2.31. The highest BCUT2D eigenvalue weighted by Gasteiger charge is 2.42. The van der Waals surface area contributed by atoms with Gasteiger partial charge < -0.3 is 5.32 Å². The number of benzene rings is 1. The summed E-state index contributed by atoms with van der Waals surface area (Å²) < 4.78 is 0. The fourth-order valence-corrected chi connectivity index (χ4v) is 4.75. The van der Waals surface area contributed by atoms with Crippen LogP contribution < -0.4 is 5.32 Å². The third-order valence-electron chi connectivity index (χ3n) is 6.00. The molecule has 1 aromatic carbocycles. The lowest BCUT2D eigenvalue weighted by atomic mass is 9.86. The summed E-state index contributed by atoms with van der Waals surface area (Å²) in [4.78, 5) is 37.6. The van der Waals surface area contributed by atoms with E-state index in [1.54, 1.807) is 0 Å². The van der Waals surface area contributed by atoms with Crippen molar-refractivity contribution < 1.29 is 14.4 Å². The summed E-state index contributed by atoms with van der Waals surface area (Å²) in [6, 6.07) is 4.08. The molecule has 0 radical (unpaired) electrons. The molecule has 2 atom stereocenters. The number of ketones is 2. The molecule has 2 aliphatic carbocycles. The van der Waals surface area contributed by atoms with E-state index in [2.05, 4.69) is 5.32 Å². The van der Waals surface area contributed by atoms with Gasteiger partial charge in [0.1, 0.15) is 11.7 Å². The first-order valence-corrected chi connectivity index (χ1v) is 9.80. The molecule has 26 heavy (non-hydrogen) atoms. The van der Waals surface area contributed by atoms with Gasteiger partial charge in [-0.15, -0.1) is 0 Å². The van der Waals surface area contributed by atoms with Crippen molar-refractivity contribution in [3.05, 3.63) is 34.4 Å². The van der Waals surface area contributed by atoms with Gasteiger partial charge in [0.05, 0.1) is 0 Å². The Balaban J connectivity index is 1.63. The van der Waals surface area contributed by atoms with Crippen molar-refractivity contribution in [2.45, 2.75) is 65.2 Å². The lowest BCUT2D eigenvalue weighted by Gasteiger charge is -2.16. The maximum absolute atomic E-state index is 12.9. The zero-order valence-corrected chi connectivity index (χ0v) is 16.1. The monoisotopic (exact) mass is 355 g/mol. The second-order valence-electron chi connectivity index (χ2n) is 8.08. The Hall–Kier alpha value is -1.97. The fraction of sp³-hybridized carbons (Fsp3) is 0.591. The number of amides is 1. The second-order valence-corrected chi connectivity index (χ2v) is 8.08. The molecule has 0 spiro atoms. The molecule has 3 rings (SSSR count). The van der Waals surface area contributed by atoms with Crippen LogP contribution in [0.5, 0.6) is 0 Å². The summed E-state index contributed by atoms with van der Waals surface area (Å²) >= 11 is 0. The van der Waals surface area contributed by atoms with Crippen LogP contribution in [0, 0.1) is 32.6 Å². The van der Waals surface area contributed by atoms with Crippen LogP contribution in [0.3, 0.4) is 0 Å². The molecule has 2 aliphatic rings. The van der Waals surface area contributed by atoms with E-state index in [-0.39, 0.29) is 29.3 Å². The SMILES string of the molecule is Cc1cc(C)c(C2C(=O)CC(CCNC(=O)C3CCCC3)C2=O)c(C)c1. The van der Waals surface area contributed by atoms with Crippen LogP contribution in [-0.4, -0.2) is 24.0 Å². The van der Waals surface area contributed by atoms with Crippen LogP contribution in [0.25, 0.3) is 0 Å². The van der Waals surface area contributed by atoms with Crippen LogP contribution in [0.4, 0.5) is 0 Å². The zero-order chi connectivity index (χ0) is 18.8. The third-order valence-corrected chi connectivity index (χ3v) is 6.00. The van der Waals surface area contributed by atoms with E-state index in [0.717, 1.165) is 47.9 Å². The van der Waals surface area contributed by atoms with Gasteiger partial charge in [-0.2, -0.15) is 0 Å². The van der Waals surface area contributed by atoms with Crippen molar-refractivity contribution in [1.82, 2.24) is 5.32 Å². The number of carbonyl (C=O) groups excluding carboxylic acids is 3. The summed E-state index contributed by atoms with van der Waals surface area (Å²) in [5, 5.41) is 2.97. The van der Waals surface area contributed by atoms with Gasteiger partial charge in [0, 0.05) is 24.8 Å². The van der Waals surface area contributed by atoms with Crippen molar-refractivity contribution in [1.29, 1.82) is 0 Å². The quantitative estimate of drug-likeness (QED) is 0.822. The van der Waals surface area contributed by atoms with Crippen LogP contribution in [0.1, 0.15) is 66.7 Å². The van der Waals surface area contributed by atoms with Crippen molar-refractivity contribution in [3.63, 3.8) is 0 Å². The predicted molar refractivity (Wildman–Crippen MR) is 101 cm³/mol. The second kappa shape index (κ2) is 7.73. The highest BCUT2D eigenvalue weighted by atomic mass is 16.2. The van der Waals surface area contributed by atoms with Crippen molar-refractivity contribution in [2.24, 2.45) is 11.8 Å². The molecule has 4 heteroatoms. The standard InChI is InChI=1S/C22H29NO3/c1-13-10-14(2)19(15(3)11-13)20-18(24)12-17(21(20)25)8-9-23-22(26)16-6-4-5-7-16/h10-11,16-17,20H,4-9,12H2,1-3H3,(H,23,26). The average Bonchev–Trinajstić information content (AvgIpc) is 3.18. The largest absolute Gasteiger partial charge is 0.356 e. The Bertz CT molecular complexity index is 708. The van der Waals surface area contributed by atoms with E-state index < -0.39 is 5.92 Å². The van der Waals surface area contributed by atoms with Crippen LogP contribution in [0.2, 0.25) is 0 Å². The average molecular weight is 355 g/mol. The van der Waals surface area contributed by atoms with Gasteiger partial charge in [-0.3, -0.25) is 14.4 Å². The van der Waals surface area contributed by atoms with E-state index in [0.29, 0.717) is 19.4 Å². The smallest absolute Gasteiger partial charge is 0.223 e. The van der Waals surface area contributed by atoms with Gasteiger partial charge in [0.25, 0.3) is 0 Å². The number of carbonyl (C=O) groups is 3. The first-order valence-electron chi connectivity index (χ1n) is 9.80. The Kier molecular flexibility index (Phi) is 5.59. The van der Waals surface area contributed by atoms with Crippen molar-refractivity contribution in [3.8, 4) is 0 Å². The molecule has 140 valence electrons. The minimum atomic E-state index is -0.619. The molecule has 4 nitrogen and oxygen atoms in total. The van der Waals surface area contributed by atoms with Gasteiger partial charge in [-0.25, -0.2) is 0 Å². The van der Waals surface area contributed by atoms with Crippen molar-refractivity contribution in [2.75, 3.05) is 6.54 Å². The summed E-state index contributed by atoms with van der Waals surface area (Å²) in [7, 11) is 0. The zero-order valence-electron chi connectivity index (χ0n) is 16.1. The van der Waals surface area contributed by atoms with E-state index in [4.69, 9.17) is 0 Å². The highest BCUT2D eigenvalue weighted by Crippen LogP contribution is 2.37. The highest BCUT2D eigenvalue weighted by molar-refractivity contribution is 6.15. The Morgan fingerprint density at radius 2 is 1.69 bits per heavy atom. The molecule has 1 amide bonds. The molecule has 0 aliphatic heterocycles. The summed E-state index contributed by atoms with van der Waals surface area (Å²) in [6.07, 6.45) is 5.07.